The molecule has 1 saturated carbocycles. The predicted molar refractivity (Wildman–Crippen MR) is 130 cm³/mol. The third-order valence-electron chi connectivity index (χ3n) is 9.63. The number of nitrogens with zero attached hydrogens (tertiary/aromatic N) is 3. The molecule has 3 aliphatic heterocycles. The molecule has 3 aliphatic carbocycles. The number of Topliss-reactive ketones (excluding diaryl/α,β-unsaturated/α-hetero) is 2. The number of hydrogen-bond donors (Lipinski definition) is 4. The zero-order chi connectivity index (χ0) is 26.7. The fourth-order valence-electron chi connectivity index (χ4n) is 7.50. The molecule has 8 atom stereocenters. The Morgan fingerprint density at radius 1 is 1.18 bits per heavy atom. The third-order valence-corrected chi connectivity index (χ3v) is 9.63. The van der Waals surface area contributed by atoms with Crippen LogP contribution in [-0.4, -0.2) is 90.5 Å². The fraction of sp³-hybridized carbons (Fsp3) is 0.556. The van der Waals surface area contributed by atoms with Gasteiger partial charge in [-0.25, -0.2) is 9.79 Å². The molecule has 11 heteroatoms. The van der Waals surface area contributed by atoms with Crippen LogP contribution in [0.15, 0.2) is 29.4 Å². The van der Waals surface area contributed by atoms with E-state index in [1.165, 1.54) is 22.1 Å². The standard InChI is InChI=1S/C27H29N3O8/c1-26-8-6-13-12(15(26)4-5-18(26)33)2-3-14-21(13)22-24(35)27(37,23(14)34)28-19-7-9-29(25(36)30(19)22)20-10-16(32)17(11-31)38-20/h2-3,7,9,15-17,20,22,24,31-32,35,37H,4-6,8,10-11H2,1H3/t15-,16-,17+,20+,22?,24?,26-,27?/m0/s1. The van der Waals surface area contributed by atoms with E-state index in [4.69, 9.17) is 4.74 Å². The van der Waals surface area contributed by atoms with Crippen molar-refractivity contribution in [2.45, 2.75) is 81.3 Å². The maximum absolute atomic E-state index is 13.9. The Hall–Kier alpha value is -2.96. The molecule has 3 unspecified atom stereocenters. The minimum absolute atomic E-state index is 0.0222. The average molecular weight is 524 g/mol. The SMILES string of the molecule is C[C@]12CCc3c(ccc4c3C3C(O)C(O)(N=C5C=CN([C@H]6C[C@H](O)[C@@H](CO)O6)C(=O)N53)C4=O)[C@@H]1CCC2=O. The maximum atomic E-state index is 13.9. The molecule has 11 nitrogen and oxygen atoms in total. The van der Waals surface area contributed by atoms with Crippen LogP contribution in [0.25, 0.3) is 0 Å². The van der Waals surface area contributed by atoms with Crippen molar-refractivity contribution < 1.29 is 39.5 Å². The van der Waals surface area contributed by atoms with Gasteiger partial charge < -0.3 is 25.2 Å². The lowest BCUT2D eigenvalue weighted by molar-refractivity contribution is -0.126. The first-order valence-corrected chi connectivity index (χ1v) is 13.1. The van der Waals surface area contributed by atoms with E-state index in [2.05, 4.69) is 4.99 Å². The van der Waals surface area contributed by atoms with Crippen LogP contribution in [0.5, 0.6) is 0 Å². The van der Waals surface area contributed by atoms with Gasteiger partial charge in [-0.3, -0.25) is 19.4 Å². The molecule has 1 aromatic carbocycles. The Morgan fingerprint density at radius 3 is 2.71 bits per heavy atom. The number of ketones is 2. The van der Waals surface area contributed by atoms with Gasteiger partial charge in [-0.1, -0.05) is 19.1 Å². The molecule has 1 aromatic rings. The quantitative estimate of drug-likeness (QED) is 0.436. The lowest BCUT2D eigenvalue weighted by Crippen LogP contribution is -2.66. The van der Waals surface area contributed by atoms with Crippen LogP contribution in [0, 0.1) is 5.41 Å². The summed E-state index contributed by atoms with van der Waals surface area (Å²) in [5.74, 6) is -0.477. The molecule has 2 fully saturated rings. The van der Waals surface area contributed by atoms with Crippen molar-refractivity contribution in [1.82, 2.24) is 9.80 Å². The van der Waals surface area contributed by atoms with E-state index < -0.39 is 60.1 Å². The first-order chi connectivity index (χ1) is 18.1. The average Bonchev–Trinajstić information content (AvgIpc) is 3.42. The van der Waals surface area contributed by atoms with Crippen molar-refractivity contribution >= 4 is 23.4 Å². The lowest BCUT2D eigenvalue weighted by Gasteiger charge is -2.51. The van der Waals surface area contributed by atoms with Crippen LogP contribution in [0.1, 0.15) is 71.6 Å². The van der Waals surface area contributed by atoms with E-state index in [1.54, 1.807) is 6.07 Å². The van der Waals surface area contributed by atoms with Crippen molar-refractivity contribution in [3.05, 3.63) is 46.7 Å². The number of carbonyl (C=O) groups excluding carboxylic acids is 3. The van der Waals surface area contributed by atoms with E-state index in [0.717, 1.165) is 11.1 Å². The maximum Gasteiger partial charge on any atom is 0.332 e. The minimum Gasteiger partial charge on any atom is -0.394 e. The predicted octanol–water partition coefficient (Wildman–Crippen LogP) is 0.504. The number of amidine groups is 1. The molecule has 4 N–H and O–H groups in total. The lowest BCUT2D eigenvalue weighted by atomic mass is 9.63. The van der Waals surface area contributed by atoms with Crippen LogP contribution in [0.4, 0.5) is 4.79 Å². The molecule has 7 rings (SSSR count). The molecule has 38 heavy (non-hydrogen) atoms. The first kappa shape index (κ1) is 24.1. The highest BCUT2D eigenvalue weighted by molar-refractivity contribution is 6.13. The van der Waals surface area contributed by atoms with E-state index in [-0.39, 0.29) is 29.5 Å². The second kappa shape index (κ2) is 7.80. The second-order valence-electron chi connectivity index (χ2n) is 11.4. The van der Waals surface area contributed by atoms with Crippen molar-refractivity contribution in [2.75, 3.05) is 6.61 Å². The Labute approximate surface area is 218 Å². The summed E-state index contributed by atoms with van der Waals surface area (Å²) in [6.45, 7) is 1.59. The molecule has 2 amide bonds. The minimum atomic E-state index is -2.45. The molecule has 200 valence electrons. The van der Waals surface area contributed by atoms with Gasteiger partial charge >= 0.3 is 6.03 Å². The highest BCUT2D eigenvalue weighted by Gasteiger charge is 2.62. The monoisotopic (exact) mass is 523 g/mol. The summed E-state index contributed by atoms with van der Waals surface area (Å²) < 4.78 is 5.70. The normalized spacial score (nSPS) is 41.1. The topological polar surface area (TPSA) is 160 Å². The number of urea groups is 1. The smallest absolute Gasteiger partial charge is 0.332 e. The van der Waals surface area contributed by atoms with Crippen LogP contribution < -0.4 is 0 Å². The fourth-order valence-corrected chi connectivity index (χ4v) is 7.50. The highest BCUT2D eigenvalue weighted by atomic mass is 16.5. The second-order valence-corrected chi connectivity index (χ2v) is 11.4. The van der Waals surface area contributed by atoms with E-state index >= 15 is 0 Å². The number of ether oxygens (including phenoxy) is 1. The third kappa shape index (κ3) is 2.85. The van der Waals surface area contributed by atoms with Gasteiger partial charge in [0.1, 0.15) is 30.1 Å². The Bertz CT molecular complexity index is 1360. The Morgan fingerprint density at radius 2 is 1.97 bits per heavy atom. The van der Waals surface area contributed by atoms with Gasteiger partial charge in [0.05, 0.1) is 18.8 Å². The Balaban J connectivity index is 1.36. The van der Waals surface area contributed by atoms with Gasteiger partial charge in [-0.05, 0) is 47.9 Å². The summed E-state index contributed by atoms with van der Waals surface area (Å²) in [7, 11) is 0. The summed E-state index contributed by atoms with van der Waals surface area (Å²) in [6, 6.07) is 1.78. The van der Waals surface area contributed by atoms with Crippen molar-refractivity contribution in [3.63, 3.8) is 0 Å². The molecule has 2 bridgehead atoms. The first-order valence-electron chi connectivity index (χ1n) is 13.1. The molecule has 3 heterocycles. The largest absolute Gasteiger partial charge is 0.394 e. The van der Waals surface area contributed by atoms with Gasteiger partial charge in [0.25, 0.3) is 5.72 Å². The van der Waals surface area contributed by atoms with Gasteiger partial charge in [0, 0.05) is 30.0 Å². The molecular formula is C27H29N3O8. The van der Waals surface area contributed by atoms with Crippen LogP contribution in [0.3, 0.4) is 0 Å². The number of carbonyl (C=O) groups is 3. The number of aliphatic hydroxyl groups excluding tert-OH is 3. The van der Waals surface area contributed by atoms with Crippen molar-refractivity contribution in [1.29, 1.82) is 0 Å². The molecule has 0 aromatic heterocycles. The number of rotatable bonds is 2. The van der Waals surface area contributed by atoms with E-state index in [1.807, 2.05) is 13.0 Å². The summed E-state index contributed by atoms with van der Waals surface area (Å²) in [6.07, 6.45) is 0.877. The molecule has 6 aliphatic rings. The van der Waals surface area contributed by atoms with Crippen LogP contribution in [-0.2, 0) is 16.0 Å². The highest BCUT2D eigenvalue weighted by Crippen LogP contribution is 2.56. The van der Waals surface area contributed by atoms with E-state index in [0.29, 0.717) is 31.2 Å². The van der Waals surface area contributed by atoms with Crippen molar-refractivity contribution in [3.8, 4) is 0 Å². The summed E-state index contributed by atoms with van der Waals surface area (Å²) >= 11 is 0. The molecule has 0 spiro atoms. The van der Waals surface area contributed by atoms with E-state index in [9.17, 15) is 34.8 Å². The summed E-state index contributed by atoms with van der Waals surface area (Å²) in [5.41, 5.74) is -0.450. The van der Waals surface area contributed by atoms with Crippen molar-refractivity contribution in [2.24, 2.45) is 10.4 Å². The van der Waals surface area contributed by atoms with Gasteiger partial charge in [-0.2, -0.15) is 0 Å². The number of aliphatic imine (C=N–C) groups is 1. The molecule has 1 saturated heterocycles. The zero-order valence-electron chi connectivity index (χ0n) is 20.8. The van der Waals surface area contributed by atoms with Gasteiger partial charge in [-0.15, -0.1) is 0 Å². The Kier molecular flexibility index (Phi) is 4.95. The number of hydrogen-bond acceptors (Lipinski definition) is 9. The molecular weight excluding hydrogens is 494 g/mol. The van der Waals surface area contributed by atoms with Gasteiger partial charge in [0.2, 0.25) is 5.78 Å². The zero-order valence-corrected chi connectivity index (χ0v) is 20.8. The number of amides is 2. The molecule has 0 radical (unpaired) electrons. The summed E-state index contributed by atoms with van der Waals surface area (Å²) in [5, 5.41) is 42.4. The van der Waals surface area contributed by atoms with Crippen LogP contribution in [0.2, 0.25) is 0 Å². The summed E-state index contributed by atoms with van der Waals surface area (Å²) in [4.78, 5) is 46.9. The number of aliphatic hydroxyl groups is 4. The number of benzene rings is 1. The van der Waals surface area contributed by atoms with Crippen LogP contribution >= 0.6 is 0 Å². The number of fused-ring (bicyclic) bond motifs is 10. The van der Waals surface area contributed by atoms with Gasteiger partial charge in [0.15, 0.2) is 0 Å².